The van der Waals surface area contributed by atoms with Crippen molar-refractivity contribution in [2.45, 2.75) is 18.6 Å². The van der Waals surface area contributed by atoms with Crippen LogP contribution in [0.15, 0.2) is 78.9 Å². The number of benzene rings is 3. The molecule has 1 heterocycles. The fourth-order valence-corrected chi connectivity index (χ4v) is 3.43. The van der Waals surface area contributed by atoms with Crippen LogP contribution in [0.3, 0.4) is 0 Å². The Labute approximate surface area is 163 Å². The third-order valence-corrected chi connectivity index (χ3v) is 5.17. The number of aliphatic hydroxyl groups excluding tert-OH is 1. The predicted molar refractivity (Wildman–Crippen MR) is 107 cm³/mol. The molecule has 3 aromatic carbocycles. The molecule has 3 aromatic rings. The molecule has 0 saturated carbocycles. The van der Waals surface area contributed by atoms with Crippen molar-refractivity contribution in [1.82, 2.24) is 10.6 Å². The van der Waals surface area contributed by atoms with Gasteiger partial charge < -0.3 is 10.4 Å². The van der Waals surface area contributed by atoms with Crippen molar-refractivity contribution in [2.75, 3.05) is 0 Å². The molecule has 0 bridgehead atoms. The van der Waals surface area contributed by atoms with Gasteiger partial charge in [-0.3, -0.25) is 10.1 Å². The summed E-state index contributed by atoms with van der Waals surface area (Å²) in [5, 5.41) is 15.3. The predicted octanol–water partition coefficient (Wildman–Crippen LogP) is 3.65. The smallest absolute Gasteiger partial charge is 0.322 e. The van der Waals surface area contributed by atoms with Gasteiger partial charge in [0.05, 0.1) is 0 Å². The molecule has 0 radical (unpaired) electrons. The van der Waals surface area contributed by atoms with Gasteiger partial charge in [0.15, 0.2) is 0 Å². The van der Waals surface area contributed by atoms with Gasteiger partial charge in [-0.05, 0) is 34.7 Å². The van der Waals surface area contributed by atoms with Gasteiger partial charge in [-0.25, -0.2) is 4.79 Å². The Hall–Kier alpha value is -3.44. The summed E-state index contributed by atoms with van der Waals surface area (Å²) >= 11 is 0. The summed E-state index contributed by atoms with van der Waals surface area (Å²) < 4.78 is 0. The summed E-state index contributed by atoms with van der Waals surface area (Å²) in [7, 11) is 0. The third kappa shape index (κ3) is 3.17. The Morgan fingerprint density at radius 2 is 1.21 bits per heavy atom. The number of rotatable bonds is 4. The molecular formula is C23H20N2O3. The largest absolute Gasteiger partial charge is 0.385 e. The normalized spacial score (nSPS) is 19.8. The van der Waals surface area contributed by atoms with E-state index in [1.165, 1.54) is 6.92 Å². The molecule has 3 N–H and O–H groups in total. The molecular weight excluding hydrogens is 352 g/mol. The lowest BCUT2D eigenvalue weighted by Gasteiger charge is -2.27. The molecule has 0 spiro atoms. The molecule has 4 rings (SSSR count). The van der Waals surface area contributed by atoms with E-state index in [9.17, 15) is 14.7 Å². The summed E-state index contributed by atoms with van der Waals surface area (Å²) in [5.74, 6) is -0.537. The maximum Gasteiger partial charge on any atom is 0.322 e. The topological polar surface area (TPSA) is 78.4 Å². The van der Waals surface area contributed by atoms with Crippen LogP contribution >= 0.6 is 0 Å². The standard InChI is InChI=1S/C23H20N2O3/c1-23(21(27)24-22(28)25-23)20(26)19-13-11-18(12-14-19)17-9-7-16(8-10-17)15-5-3-2-4-6-15/h2-14,20,26H,1H3,(H2,24,25,27,28). The van der Waals surface area contributed by atoms with Crippen LogP contribution in [-0.4, -0.2) is 22.6 Å². The van der Waals surface area contributed by atoms with Gasteiger partial charge in [-0.2, -0.15) is 0 Å². The monoisotopic (exact) mass is 372 g/mol. The molecule has 0 aliphatic carbocycles. The van der Waals surface area contributed by atoms with Crippen LogP contribution in [0.5, 0.6) is 0 Å². The fourth-order valence-electron chi connectivity index (χ4n) is 3.43. The third-order valence-electron chi connectivity index (χ3n) is 5.17. The second-order valence-electron chi connectivity index (χ2n) is 7.08. The molecule has 1 fully saturated rings. The number of amides is 3. The molecule has 28 heavy (non-hydrogen) atoms. The first-order valence-corrected chi connectivity index (χ1v) is 9.05. The Bertz CT molecular complexity index is 1010. The lowest BCUT2D eigenvalue weighted by atomic mass is 9.88. The Morgan fingerprint density at radius 1 is 0.750 bits per heavy atom. The summed E-state index contributed by atoms with van der Waals surface area (Å²) in [6, 6.07) is 25.2. The fraction of sp³-hybridized carbons (Fsp3) is 0.130. The summed E-state index contributed by atoms with van der Waals surface area (Å²) in [4.78, 5) is 23.4. The van der Waals surface area contributed by atoms with Crippen LogP contribution in [0.4, 0.5) is 4.79 Å². The molecule has 3 amide bonds. The van der Waals surface area contributed by atoms with E-state index >= 15 is 0 Å². The number of hydrogen-bond acceptors (Lipinski definition) is 3. The first kappa shape index (κ1) is 17.9. The van der Waals surface area contributed by atoms with E-state index in [1.807, 2.05) is 30.3 Å². The van der Waals surface area contributed by atoms with Gasteiger partial charge in [0, 0.05) is 0 Å². The van der Waals surface area contributed by atoms with E-state index in [-0.39, 0.29) is 0 Å². The van der Waals surface area contributed by atoms with Crippen molar-refractivity contribution in [3.63, 3.8) is 0 Å². The zero-order valence-corrected chi connectivity index (χ0v) is 15.3. The van der Waals surface area contributed by atoms with Crippen LogP contribution in [-0.2, 0) is 4.79 Å². The highest BCUT2D eigenvalue weighted by Gasteiger charge is 2.48. The molecule has 1 aliphatic heterocycles. The van der Waals surface area contributed by atoms with Gasteiger partial charge in [0.2, 0.25) is 0 Å². The zero-order valence-electron chi connectivity index (χ0n) is 15.3. The summed E-state index contributed by atoms with van der Waals surface area (Å²) in [5.41, 5.74) is 3.55. The number of hydrogen-bond donors (Lipinski definition) is 3. The molecule has 140 valence electrons. The van der Waals surface area contributed by atoms with Gasteiger partial charge in [-0.15, -0.1) is 0 Å². The van der Waals surface area contributed by atoms with Crippen molar-refractivity contribution in [3.05, 3.63) is 84.4 Å². The first-order valence-electron chi connectivity index (χ1n) is 9.05. The van der Waals surface area contributed by atoms with Crippen LogP contribution < -0.4 is 10.6 Å². The van der Waals surface area contributed by atoms with Gasteiger partial charge >= 0.3 is 6.03 Å². The average Bonchev–Trinajstić information content (AvgIpc) is 3.01. The van der Waals surface area contributed by atoms with E-state index in [0.717, 1.165) is 22.3 Å². The number of carbonyl (C=O) groups excluding carboxylic acids is 2. The van der Waals surface area contributed by atoms with Crippen LogP contribution in [0.1, 0.15) is 18.6 Å². The lowest BCUT2D eigenvalue weighted by molar-refractivity contribution is -0.127. The second-order valence-corrected chi connectivity index (χ2v) is 7.08. The minimum absolute atomic E-state index is 0.537. The Balaban J connectivity index is 1.55. The number of nitrogens with one attached hydrogen (secondary N) is 2. The van der Waals surface area contributed by atoms with E-state index in [1.54, 1.807) is 12.1 Å². The maximum absolute atomic E-state index is 12.0. The number of imide groups is 1. The van der Waals surface area contributed by atoms with Crippen molar-refractivity contribution in [2.24, 2.45) is 0 Å². The van der Waals surface area contributed by atoms with Crippen molar-refractivity contribution < 1.29 is 14.7 Å². The number of carbonyl (C=O) groups is 2. The highest BCUT2D eigenvalue weighted by Crippen LogP contribution is 2.31. The molecule has 5 heteroatoms. The lowest BCUT2D eigenvalue weighted by Crippen LogP contribution is -2.49. The quantitative estimate of drug-likeness (QED) is 0.612. The molecule has 1 saturated heterocycles. The minimum Gasteiger partial charge on any atom is -0.385 e. The number of aliphatic hydroxyl groups is 1. The molecule has 2 atom stereocenters. The minimum atomic E-state index is -1.38. The van der Waals surface area contributed by atoms with Gasteiger partial charge in [0.1, 0.15) is 11.6 Å². The van der Waals surface area contributed by atoms with E-state index in [4.69, 9.17) is 0 Å². The van der Waals surface area contributed by atoms with Crippen LogP contribution in [0.25, 0.3) is 22.3 Å². The highest BCUT2D eigenvalue weighted by atomic mass is 16.3. The van der Waals surface area contributed by atoms with Crippen molar-refractivity contribution in [1.29, 1.82) is 0 Å². The number of urea groups is 1. The summed E-state index contributed by atoms with van der Waals surface area (Å²) in [6.07, 6.45) is -1.14. The molecule has 5 nitrogen and oxygen atoms in total. The van der Waals surface area contributed by atoms with E-state index in [2.05, 4.69) is 47.0 Å². The molecule has 2 unspecified atom stereocenters. The van der Waals surface area contributed by atoms with Crippen molar-refractivity contribution in [3.8, 4) is 22.3 Å². The van der Waals surface area contributed by atoms with Gasteiger partial charge in [-0.1, -0.05) is 78.9 Å². The second kappa shape index (κ2) is 6.94. The van der Waals surface area contributed by atoms with E-state index in [0.29, 0.717) is 5.56 Å². The van der Waals surface area contributed by atoms with Crippen LogP contribution in [0.2, 0.25) is 0 Å². The Morgan fingerprint density at radius 3 is 1.68 bits per heavy atom. The van der Waals surface area contributed by atoms with Crippen LogP contribution in [0, 0.1) is 0 Å². The summed E-state index contributed by atoms with van der Waals surface area (Å²) in [6.45, 7) is 1.51. The first-order chi connectivity index (χ1) is 13.5. The zero-order chi connectivity index (χ0) is 19.7. The van der Waals surface area contributed by atoms with Gasteiger partial charge in [0.25, 0.3) is 5.91 Å². The molecule has 0 aromatic heterocycles. The highest BCUT2D eigenvalue weighted by molar-refractivity contribution is 6.07. The van der Waals surface area contributed by atoms with E-state index < -0.39 is 23.6 Å². The SMILES string of the molecule is CC1(C(O)c2ccc(-c3ccc(-c4ccccc4)cc3)cc2)NC(=O)NC1=O. The Kier molecular flexibility index (Phi) is 4.45. The van der Waals surface area contributed by atoms with Crippen molar-refractivity contribution >= 4 is 11.9 Å². The molecule has 1 aliphatic rings. The average molecular weight is 372 g/mol. The maximum atomic E-state index is 12.0.